The molecule has 2 N–H and O–H groups in total. The number of carboxylic acid groups (broad SMARTS) is 1. The van der Waals surface area contributed by atoms with Crippen LogP contribution in [-0.4, -0.2) is 18.2 Å². The molecule has 0 atom stereocenters. The van der Waals surface area contributed by atoms with Crippen molar-refractivity contribution in [1.82, 2.24) is 0 Å². The summed E-state index contributed by atoms with van der Waals surface area (Å²) in [5.74, 6) is -1.04. The van der Waals surface area contributed by atoms with Crippen LogP contribution in [0, 0.1) is 5.82 Å². The van der Waals surface area contributed by atoms with Gasteiger partial charge in [0, 0.05) is 0 Å². The maximum atomic E-state index is 13.6. The second-order valence-corrected chi connectivity index (χ2v) is 3.83. The Balaban J connectivity index is 2.40. The van der Waals surface area contributed by atoms with E-state index in [1.807, 2.05) is 0 Å². The van der Waals surface area contributed by atoms with Gasteiger partial charge in [-0.05, 0) is 30.3 Å². The number of anilines is 2. The Hall–Kier alpha value is -2.56. The summed E-state index contributed by atoms with van der Waals surface area (Å²) in [5.41, 5.74) is 0.746. The molecule has 0 saturated heterocycles. The molecular formula is C14H12FNO3. The summed E-state index contributed by atoms with van der Waals surface area (Å²) in [4.78, 5) is 10.9. The van der Waals surface area contributed by atoms with E-state index >= 15 is 0 Å². The number of aromatic carboxylic acids is 1. The van der Waals surface area contributed by atoms with Crippen molar-refractivity contribution in [2.75, 3.05) is 12.4 Å². The van der Waals surface area contributed by atoms with Crippen LogP contribution in [0.4, 0.5) is 15.8 Å². The third-order valence-electron chi connectivity index (χ3n) is 2.59. The predicted molar refractivity (Wildman–Crippen MR) is 69.6 cm³/mol. The zero-order valence-corrected chi connectivity index (χ0v) is 10.2. The molecule has 98 valence electrons. The van der Waals surface area contributed by atoms with Crippen molar-refractivity contribution in [2.45, 2.75) is 0 Å². The maximum Gasteiger partial charge on any atom is 0.335 e. The van der Waals surface area contributed by atoms with Crippen molar-refractivity contribution < 1.29 is 19.0 Å². The van der Waals surface area contributed by atoms with E-state index in [2.05, 4.69) is 5.32 Å². The molecule has 2 aromatic rings. The molecule has 0 spiro atoms. The number of methoxy groups -OCH3 is 1. The minimum Gasteiger partial charge on any atom is -0.495 e. The average Bonchev–Trinajstić information content (AvgIpc) is 2.41. The van der Waals surface area contributed by atoms with Gasteiger partial charge in [0.25, 0.3) is 0 Å². The number of hydrogen-bond acceptors (Lipinski definition) is 3. The first-order chi connectivity index (χ1) is 9.11. The predicted octanol–water partition coefficient (Wildman–Crippen LogP) is 3.28. The molecule has 2 aromatic carbocycles. The van der Waals surface area contributed by atoms with Gasteiger partial charge in [-0.25, -0.2) is 9.18 Å². The van der Waals surface area contributed by atoms with Crippen LogP contribution in [0.5, 0.6) is 5.75 Å². The Bertz CT molecular complexity index is 613. The summed E-state index contributed by atoms with van der Waals surface area (Å²) >= 11 is 0. The van der Waals surface area contributed by atoms with E-state index in [4.69, 9.17) is 9.84 Å². The fourth-order valence-corrected chi connectivity index (χ4v) is 1.65. The van der Waals surface area contributed by atoms with Crippen LogP contribution in [0.2, 0.25) is 0 Å². The molecule has 0 saturated carbocycles. The molecule has 0 unspecified atom stereocenters. The van der Waals surface area contributed by atoms with E-state index in [9.17, 15) is 9.18 Å². The lowest BCUT2D eigenvalue weighted by Gasteiger charge is -2.12. The largest absolute Gasteiger partial charge is 0.495 e. The van der Waals surface area contributed by atoms with Crippen molar-refractivity contribution in [1.29, 1.82) is 0 Å². The van der Waals surface area contributed by atoms with Crippen LogP contribution in [0.3, 0.4) is 0 Å². The second-order valence-electron chi connectivity index (χ2n) is 3.83. The van der Waals surface area contributed by atoms with Crippen molar-refractivity contribution in [3.63, 3.8) is 0 Å². The molecule has 0 heterocycles. The summed E-state index contributed by atoms with van der Waals surface area (Å²) < 4.78 is 18.7. The smallest absolute Gasteiger partial charge is 0.335 e. The number of carbonyl (C=O) groups is 1. The number of para-hydroxylation sites is 1. The third kappa shape index (κ3) is 2.82. The van der Waals surface area contributed by atoms with Crippen molar-refractivity contribution >= 4 is 17.3 Å². The Morgan fingerprint density at radius 3 is 2.58 bits per heavy atom. The van der Waals surface area contributed by atoms with Crippen LogP contribution in [0.25, 0.3) is 0 Å². The normalized spacial score (nSPS) is 10.0. The first-order valence-corrected chi connectivity index (χ1v) is 5.54. The standard InChI is InChI=1S/C14H12FNO3/c1-19-13-7-6-9(14(17)18)8-12(13)16-11-5-3-2-4-10(11)15/h2-8,16H,1H3,(H,17,18). The summed E-state index contributed by atoms with van der Waals surface area (Å²) in [5, 5.41) is 11.8. The molecule has 0 aliphatic rings. The molecule has 0 aliphatic heterocycles. The Morgan fingerprint density at radius 1 is 1.21 bits per heavy atom. The summed E-state index contributed by atoms with van der Waals surface area (Å²) in [6, 6.07) is 10.5. The molecule has 4 nitrogen and oxygen atoms in total. The van der Waals surface area contributed by atoms with Gasteiger partial charge >= 0.3 is 5.97 Å². The second kappa shape index (κ2) is 5.39. The van der Waals surface area contributed by atoms with Crippen molar-refractivity contribution in [3.05, 3.63) is 53.8 Å². The van der Waals surface area contributed by atoms with Crippen molar-refractivity contribution in [2.24, 2.45) is 0 Å². The molecular weight excluding hydrogens is 249 g/mol. The number of hydrogen-bond donors (Lipinski definition) is 2. The SMILES string of the molecule is COc1ccc(C(=O)O)cc1Nc1ccccc1F. The molecule has 0 aliphatic carbocycles. The van der Waals surface area contributed by atoms with Gasteiger partial charge in [0.1, 0.15) is 11.6 Å². The lowest BCUT2D eigenvalue weighted by molar-refractivity contribution is 0.0697. The van der Waals surface area contributed by atoms with E-state index in [0.717, 1.165) is 0 Å². The highest BCUT2D eigenvalue weighted by atomic mass is 19.1. The monoisotopic (exact) mass is 261 g/mol. The highest BCUT2D eigenvalue weighted by Gasteiger charge is 2.10. The van der Waals surface area contributed by atoms with Crippen molar-refractivity contribution in [3.8, 4) is 5.75 Å². The van der Waals surface area contributed by atoms with E-state index < -0.39 is 11.8 Å². The van der Waals surface area contributed by atoms with Gasteiger partial charge in [0.05, 0.1) is 24.0 Å². The fourth-order valence-electron chi connectivity index (χ4n) is 1.65. The lowest BCUT2D eigenvalue weighted by Crippen LogP contribution is -2.01. The number of benzene rings is 2. The Morgan fingerprint density at radius 2 is 1.95 bits per heavy atom. The molecule has 0 aromatic heterocycles. The Labute approximate surface area is 109 Å². The summed E-state index contributed by atoms with van der Waals surface area (Å²) in [7, 11) is 1.46. The number of ether oxygens (including phenoxy) is 1. The first-order valence-electron chi connectivity index (χ1n) is 5.54. The van der Waals surface area contributed by atoms with Gasteiger partial charge in [-0.1, -0.05) is 12.1 Å². The number of carboxylic acids is 1. The zero-order valence-electron chi connectivity index (χ0n) is 10.2. The van der Waals surface area contributed by atoms with Crippen LogP contribution < -0.4 is 10.1 Å². The summed E-state index contributed by atoms with van der Waals surface area (Å²) in [6.45, 7) is 0. The lowest BCUT2D eigenvalue weighted by atomic mass is 10.1. The third-order valence-corrected chi connectivity index (χ3v) is 2.59. The fraction of sp³-hybridized carbons (Fsp3) is 0.0714. The van der Waals surface area contributed by atoms with Gasteiger partial charge < -0.3 is 15.2 Å². The molecule has 19 heavy (non-hydrogen) atoms. The molecule has 0 bridgehead atoms. The number of rotatable bonds is 4. The van der Waals surface area contributed by atoms with Crippen LogP contribution in [-0.2, 0) is 0 Å². The van der Waals surface area contributed by atoms with Gasteiger partial charge in [0.2, 0.25) is 0 Å². The zero-order chi connectivity index (χ0) is 13.8. The van der Waals surface area contributed by atoms with E-state index in [0.29, 0.717) is 11.4 Å². The van der Waals surface area contributed by atoms with E-state index in [1.165, 1.54) is 31.4 Å². The average molecular weight is 261 g/mol. The highest BCUT2D eigenvalue weighted by molar-refractivity contribution is 5.90. The van der Waals surface area contributed by atoms with Crippen LogP contribution in [0.15, 0.2) is 42.5 Å². The molecule has 5 heteroatoms. The van der Waals surface area contributed by atoms with Crippen LogP contribution in [0.1, 0.15) is 10.4 Å². The maximum absolute atomic E-state index is 13.6. The van der Waals surface area contributed by atoms with Gasteiger partial charge in [-0.2, -0.15) is 0 Å². The van der Waals surface area contributed by atoms with Crippen LogP contribution >= 0.6 is 0 Å². The van der Waals surface area contributed by atoms with Gasteiger partial charge in [-0.3, -0.25) is 0 Å². The first kappa shape index (κ1) is 12.9. The summed E-state index contributed by atoms with van der Waals surface area (Å²) in [6.07, 6.45) is 0. The number of nitrogens with one attached hydrogen (secondary N) is 1. The minimum absolute atomic E-state index is 0.0969. The topological polar surface area (TPSA) is 58.6 Å². The Kier molecular flexibility index (Phi) is 3.66. The van der Waals surface area contributed by atoms with Gasteiger partial charge in [0.15, 0.2) is 0 Å². The van der Waals surface area contributed by atoms with Gasteiger partial charge in [-0.15, -0.1) is 0 Å². The molecule has 2 rings (SSSR count). The minimum atomic E-state index is -1.06. The molecule has 0 radical (unpaired) electrons. The highest BCUT2D eigenvalue weighted by Crippen LogP contribution is 2.29. The van der Waals surface area contributed by atoms with E-state index in [-0.39, 0.29) is 11.3 Å². The quantitative estimate of drug-likeness (QED) is 0.886. The van der Waals surface area contributed by atoms with E-state index in [1.54, 1.807) is 18.2 Å². The number of halogens is 1. The molecule has 0 amide bonds. The molecule has 0 fully saturated rings.